The normalized spacial score (nSPS) is 20.6. The molecule has 1 saturated heterocycles. The Morgan fingerprint density at radius 3 is 3.09 bits per heavy atom. The number of pyridine rings is 1. The second-order valence-electron chi connectivity index (χ2n) is 4.94. The van der Waals surface area contributed by atoms with Crippen LogP contribution in [0.15, 0.2) is 29.9 Å². The minimum Gasteiger partial charge on any atom is -0.353 e. The molecule has 0 aromatic carbocycles. The van der Waals surface area contributed by atoms with Gasteiger partial charge in [-0.15, -0.1) is 11.3 Å². The zero-order valence-electron chi connectivity index (χ0n) is 11.5. The van der Waals surface area contributed by atoms with Gasteiger partial charge in [-0.1, -0.05) is 0 Å². The first-order valence-electron chi connectivity index (χ1n) is 6.62. The van der Waals surface area contributed by atoms with E-state index in [0.29, 0.717) is 23.1 Å². The van der Waals surface area contributed by atoms with Crippen molar-refractivity contribution in [2.75, 3.05) is 23.3 Å². The number of anilines is 2. The highest BCUT2D eigenvalue weighted by Crippen LogP contribution is 2.30. The summed E-state index contributed by atoms with van der Waals surface area (Å²) in [5.74, 6) is -0.193. The van der Waals surface area contributed by atoms with Gasteiger partial charge in [-0.2, -0.15) is 5.26 Å². The van der Waals surface area contributed by atoms with Crippen LogP contribution < -0.4 is 10.2 Å². The predicted octanol–water partition coefficient (Wildman–Crippen LogP) is 1.97. The number of aromatic nitrogens is 2. The average Bonchev–Trinajstić information content (AvgIpc) is 3.18. The number of alkyl halides is 1. The number of thiazole rings is 1. The van der Waals surface area contributed by atoms with Crippen molar-refractivity contribution in [3.8, 4) is 6.07 Å². The van der Waals surface area contributed by atoms with Crippen molar-refractivity contribution in [2.24, 2.45) is 0 Å². The molecule has 1 aliphatic rings. The molecule has 22 heavy (non-hydrogen) atoms. The van der Waals surface area contributed by atoms with Gasteiger partial charge in [0.1, 0.15) is 5.82 Å². The number of amides is 1. The lowest BCUT2D eigenvalue weighted by atomic mass is 10.1. The number of carbonyl (C=O) groups is 1. The zero-order chi connectivity index (χ0) is 15.6. The molecule has 0 spiro atoms. The van der Waals surface area contributed by atoms with Crippen molar-refractivity contribution in [1.29, 1.82) is 5.26 Å². The minimum atomic E-state index is -1.99. The molecule has 1 N–H and O–H groups in total. The van der Waals surface area contributed by atoms with Gasteiger partial charge in [-0.05, 0) is 12.1 Å². The van der Waals surface area contributed by atoms with E-state index >= 15 is 0 Å². The number of carbonyl (C=O) groups excluding carboxylic acids is 1. The van der Waals surface area contributed by atoms with Crippen LogP contribution in [-0.4, -0.2) is 34.6 Å². The Kier molecular flexibility index (Phi) is 3.73. The summed E-state index contributed by atoms with van der Waals surface area (Å²) in [6.07, 6.45) is 3.12. The van der Waals surface area contributed by atoms with Crippen molar-refractivity contribution in [2.45, 2.75) is 12.1 Å². The first-order valence-corrected chi connectivity index (χ1v) is 7.50. The molecule has 3 heterocycles. The number of nitrogens with one attached hydrogen (secondary N) is 1. The molecule has 2 aromatic rings. The van der Waals surface area contributed by atoms with Gasteiger partial charge in [0, 0.05) is 30.7 Å². The van der Waals surface area contributed by atoms with E-state index in [1.807, 2.05) is 6.07 Å². The molecule has 1 fully saturated rings. The summed E-state index contributed by atoms with van der Waals surface area (Å²) >= 11 is 1.24. The lowest BCUT2D eigenvalue weighted by Crippen LogP contribution is -2.41. The zero-order valence-corrected chi connectivity index (χ0v) is 12.3. The van der Waals surface area contributed by atoms with Gasteiger partial charge in [-0.3, -0.25) is 10.1 Å². The van der Waals surface area contributed by atoms with Crippen LogP contribution in [0, 0.1) is 11.3 Å². The first-order chi connectivity index (χ1) is 10.6. The van der Waals surface area contributed by atoms with E-state index in [0.717, 1.165) is 0 Å². The van der Waals surface area contributed by atoms with Gasteiger partial charge in [0.2, 0.25) is 5.67 Å². The smallest absolute Gasteiger partial charge is 0.265 e. The molecular formula is C14H12FN5OS. The molecule has 0 bridgehead atoms. The fraction of sp³-hybridized carbons (Fsp3) is 0.286. The summed E-state index contributed by atoms with van der Waals surface area (Å²) in [6.45, 7) is 0.274. The summed E-state index contributed by atoms with van der Waals surface area (Å²) in [6, 6.07) is 5.19. The Morgan fingerprint density at radius 2 is 2.36 bits per heavy atom. The predicted molar refractivity (Wildman–Crippen MR) is 80.4 cm³/mol. The van der Waals surface area contributed by atoms with Crippen LogP contribution in [0.5, 0.6) is 0 Å². The molecule has 1 amide bonds. The summed E-state index contributed by atoms with van der Waals surface area (Å²) < 4.78 is 14.8. The largest absolute Gasteiger partial charge is 0.353 e. The van der Waals surface area contributed by atoms with Crippen LogP contribution in [0.4, 0.5) is 15.3 Å². The Labute approximate surface area is 130 Å². The maximum absolute atomic E-state index is 14.8. The molecule has 3 rings (SSSR count). The molecule has 6 nitrogen and oxygen atoms in total. The van der Waals surface area contributed by atoms with Crippen molar-refractivity contribution >= 4 is 28.2 Å². The Morgan fingerprint density at radius 1 is 1.50 bits per heavy atom. The molecule has 1 aliphatic heterocycles. The topological polar surface area (TPSA) is 81.9 Å². The van der Waals surface area contributed by atoms with E-state index in [2.05, 4.69) is 15.3 Å². The fourth-order valence-electron chi connectivity index (χ4n) is 2.31. The maximum Gasteiger partial charge on any atom is 0.265 e. The number of nitriles is 1. The van der Waals surface area contributed by atoms with Crippen LogP contribution >= 0.6 is 11.3 Å². The second-order valence-corrected chi connectivity index (χ2v) is 5.84. The number of halogens is 1. The van der Waals surface area contributed by atoms with E-state index in [9.17, 15) is 9.18 Å². The van der Waals surface area contributed by atoms with Crippen LogP contribution in [0.1, 0.15) is 12.0 Å². The SMILES string of the molecule is N#Cc1ccnc(N2CCC(F)(C(=O)Nc3nccs3)C2)c1. The Bertz CT molecular complexity index is 729. The highest BCUT2D eigenvalue weighted by molar-refractivity contribution is 7.13. The molecule has 0 radical (unpaired) electrons. The van der Waals surface area contributed by atoms with Crippen LogP contribution in [0.25, 0.3) is 0 Å². The molecule has 2 aromatic heterocycles. The Hall–Kier alpha value is -2.53. The first kappa shape index (κ1) is 14.4. The van der Waals surface area contributed by atoms with Gasteiger partial charge in [0.25, 0.3) is 5.91 Å². The molecule has 1 atom stereocenters. The van der Waals surface area contributed by atoms with E-state index in [4.69, 9.17) is 5.26 Å². The molecule has 0 aliphatic carbocycles. The van der Waals surface area contributed by atoms with Gasteiger partial charge < -0.3 is 4.90 Å². The molecule has 112 valence electrons. The molecule has 8 heteroatoms. The van der Waals surface area contributed by atoms with Crippen LogP contribution in [-0.2, 0) is 4.79 Å². The summed E-state index contributed by atoms with van der Waals surface area (Å²) in [5, 5.41) is 13.5. The van der Waals surface area contributed by atoms with Gasteiger partial charge in [0.05, 0.1) is 18.2 Å². The second kappa shape index (κ2) is 5.69. The Balaban J connectivity index is 1.72. The number of rotatable bonds is 3. The van der Waals surface area contributed by atoms with Crippen LogP contribution in [0.3, 0.4) is 0 Å². The van der Waals surface area contributed by atoms with Crippen molar-refractivity contribution in [3.63, 3.8) is 0 Å². The third-order valence-electron chi connectivity index (χ3n) is 3.48. The van der Waals surface area contributed by atoms with Crippen molar-refractivity contribution in [3.05, 3.63) is 35.5 Å². The third-order valence-corrected chi connectivity index (χ3v) is 4.17. The van der Waals surface area contributed by atoms with Crippen molar-refractivity contribution < 1.29 is 9.18 Å². The van der Waals surface area contributed by atoms with E-state index in [1.54, 1.807) is 28.6 Å². The quantitative estimate of drug-likeness (QED) is 0.936. The molecule has 1 unspecified atom stereocenters. The van der Waals surface area contributed by atoms with E-state index in [-0.39, 0.29) is 13.0 Å². The lowest BCUT2D eigenvalue weighted by Gasteiger charge is -2.20. The van der Waals surface area contributed by atoms with Crippen molar-refractivity contribution in [1.82, 2.24) is 9.97 Å². The van der Waals surface area contributed by atoms with Gasteiger partial charge >= 0.3 is 0 Å². The summed E-state index contributed by atoms with van der Waals surface area (Å²) in [7, 11) is 0. The van der Waals surface area contributed by atoms with Gasteiger partial charge in [-0.25, -0.2) is 14.4 Å². The van der Waals surface area contributed by atoms with E-state index < -0.39 is 11.6 Å². The van der Waals surface area contributed by atoms with Crippen LogP contribution in [0.2, 0.25) is 0 Å². The minimum absolute atomic E-state index is 0.0721. The lowest BCUT2D eigenvalue weighted by molar-refractivity contribution is -0.126. The fourth-order valence-corrected chi connectivity index (χ4v) is 2.83. The number of nitrogens with zero attached hydrogens (tertiary/aromatic N) is 4. The summed E-state index contributed by atoms with van der Waals surface area (Å²) in [4.78, 5) is 21.8. The number of hydrogen-bond donors (Lipinski definition) is 1. The standard InChI is InChI=1S/C14H12FN5OS/c15-14(12(21)19-13-18-4-6-22-13)2-5-20(9-14)11-7-10(8-16)1-3-17-11/h1,3-4,6-7H,2,5,9H2,(H,18,19,21). The average molecular weight is 317 g/mol. The summed E-state index contributed by atoms with van der Waals surface area (Å²) in [5.41, 5.74) is -1.54. The highest BCUT2D eigenvalue weighted by atomic mass is 32.1. The molecule has 0 saturated carbocycles. The highest BCUT2D eigenvalue weighted by Gasteiger charge is 2.45. The van der Waals surface area contributed by atoms with E-state index in [1.165, 1.54) is 17.5 Å². The molecular weight excluding hydrogens is 305 g/mol. The third kappa shape index (κ3) is 2.76. The van der Waals surface area contributed by atoms with Gasteiger partial charge in [0.15, 0.2) is 5.13 Å². The monoisotopic (exact) mass is 317 g/mol. The number of hydrogen-bond acceptors (Lipinski definition) is 6. The maximum atomic E-state index is 14.8.